The van der Waals surface area contributed by atoms with Gasteiger partial charge in [0.1, 0.15) is 11.9 Å². The van der Waals surface area contributed by atoms with Gasteiger partial charge in [-0.3, -0.25) is 0 Å². The number of carboxylic acids is 1. The van der Waals surface area contributed by atoms with Gasteiger partial charge in [0.25, 0.3) is 0 Å². The molecule has 1 aliphatic rings. The normalized spacial score (nSPS) is 19.6. The molecule has 0 radical (unpaired) electrons. The maximum Gasteiger partial charge on any atom is 0.326 e. The summed E-state index contributed by atoms with van der Waals surface area (Å²) in [5.74, 6) is -0.213. The molecule has 1 unspecified atom stereocenters. The molecule has 5 nitrogen and oxygen atoms in total. The maximum absolute atomic E-state index is 11.4. The second-order valence-electron chi connectivity index (χ2n) is 4.86. The first kappa shape index (κ1) is 13.3. The molecular weight excluding hydrogens is 242 g/mol. The number of aryl methyl sites for hydroxylation is 1. The number of anilines is 1. The number of carbonyl (C=O) groups is 1. The van der Waals surface area contributed by atoms with Crippen molar-refractivity contribution >= 4 is 11.8 Å². The van der Waals surface area contributed by atoms with Gasteiger partial charge in [0.05, 0.1) is 11.6 Å². The summed E-state index contributed by atoms with van der Waals surface area (Å²) in [5.41, 5.74) is 1.26. The molecule has 2 rings (SSSR count). The molecule has 0 amide bonds. The first-order valence-electron chi connectivity index (χ1n) is 6.50. The van der Waals surface area contributed by atoms with Gasteiger partial charge >= 0.3 is 5.97 Å². The topological polar surface area (TPSA) is 77.2 Å². The van der Waals surface area contributed by atoms with Gasteiger partial charge in [-0.05, 0) is 31.9 Å². The number of hydrogen-bond acceptors (Lipinski definition) is 4. The minimum atomic E-state index is -0.816. The van der Waals surface area contributed by atoms with Gasteiger partial charge in [0.15, 0.2) is 0 Å². The predicted octanol–water partition coefficient (Wildman–Crippen LogP) is 2.10. The van der Waals surface area contributed by atoms with Crippen molar-refractivity contribution in [2.75, 3.05) is 11.4 Å². The average molecular weight is 259 g/mol. The molecule has 1 N–H and O–H groups in total. The Hall–Kier alpha value is -2.09. The maximum atomic E-state index is 11.4. The fraction of sp³-hybridized carbons (Fsp3) is 0.500. The first-order chi connectivity index (χ1) is 9.11. The van der Waals surface area contributed by atoms with Crippen molar-refractivity contribution in [3.05, 3.63) is 23.4 Å². The van der Waals surface area contributed by atoms with E-state index in [1.165, 1.54) is 0 Å². The lowest BCUT2D eigenvalue weighted by atomic mass is 10.1. The van der Waals surface area contributed by atoms with E-state index in [1.807, 2.05) is 11.8 Å². The molecule has 1 aromatic heterocycles. The molecule has 0 aromatic carbocycles. The van der Waals surface area contributed by atoms with Crippen molar-refractivity contribution in [1.29, 1.82) is 5.26 Å². The van der Waals surface area contributed by atoms with Crippen LogP contribution in [0.5, 0.6) is 0 Å². The Labute approximate surface area is 112 Å². The van der Waals surface area contributed by atoms with Gasteiger partial charge in [-0.15, -0.1) is 0 Å². The highest BCUT2D eigenvalue weighted by molar-refractivity contribution is 5.78. The van der Waals surface area contributed by atoms with Crippen LogP contribution in [-0.2, 0) is 4.79 Å². The van der Waals surface area contributed by atoms with Crippen molar-refractivity contribution in [3.8, 4) is 6.07 Å². The molecule has 19 heavy (non-hydrogen) atoms. The van der Waals surface area contributed by atoms with E-state index in [0.29, 0.717) is 24.3 Å². The van der Waals surface area contributed by atoms with Crippen LogP contribution in [0.2, 0.25) is 0 Å². The Bertz CT molecular complexity index is 522. The smallest absolute Gasteiger partial charge is 0.326 e. The Morgan fingerprint density at radius 2 is 2.26 bits per heavy atom. The molecule has 5 heteroatoms. The molecule has 0 aliphatic carbocycles. The minimum Gasteiger partial charge on any atom is -0.480 e. The number of nitriles is 1. The van der Waals surface area contributed by atoms with Gasteiger partial charge in [0.2, 0.25) is 0 Å². The fourth-order valence-electron chi connectivity index (χ4n) is 2.50. The van der Waals surface area contributed by atoms with E-state index in [-0.39, 0.29) is 0 Å². The van der Waals surface area contributed by atoms with E-state index < -0.39 is 12.0 Å². The lowest BCUT2D eigenvalue weighted by Gasteiger charge is -2.28. The molecule has 0 spiro atoms. The third-order valence-electron chi connectivity index (χ3n) is 3.40. The van der Waals surface area contributed by atoms with E-state index in [9.17, 15) is 9.90 Å². The zero-order valence-corrected chi connectivity index (χ0v) is 11.0. The SMILES string of the molecule is Cc1cc(C#N)cc(N2CCCCCC2C(=O)O)n1. The number of hydrogen-bond donors (Lipinski definition) is 1. The molecule has 0 bridgehead atoms. The molecule has 1 aliphatic heterocycles. The van der Waals surface area contributed by atoms with Crippen molar-refractivity contribution in [1.82, 2.24) is 4.98 Å². The Kier molecular flexibility index (Phi) is 4.00. The molecule has 1 fully saturated rings. The Balaban J connectivity index is 2.38. The summed E-state index contributed by atoms with van der Waals surface area (Å²) in [6.45, 7) is 2.50. The molecule has 1 aromatic rings. The van der Waals surface area contributed by atoms with Crippen molar-refractivity contribution in [2.45, 2.75) is 38.6 Å². The lowest BCUT2D eigenvalue weighted by molar-refractivity contribution is -0.138. The molecular formula is C14H17N3O2. The van der Waals surface area contributed by atoms with Gasteiger partial charge in [-0.2, -0.15) is 5.26 Å². The third-order valence-corrected chi connectivity index (χ3v) is 3.40. The van der Waals surface area contributed by atoms with Crippen LogP contribution in [0.25, 0.3) is 0 Å². The summed E-state index contributed by atoms with van der Waals surface area (Å²) in [6.07, 6.45) is 3.55. The molecule has 0 saturated carbocycles. The number of aliphatic carboxylic acids is 1. The predicted molar refractivity (Wildman–Crippen MR) is 70.9 cm³/mol. The summed E-state index contributed by atoms with van der Waals surface area (Å²) in [5, 5.41) is 18.4. The summed E-state index contributed by atoms with van der Waals surface area (Å²) in [4.78, 5) is 17.6. The van der Waals surface area contributed by atoms with E-state index in [0.717, 1.165) is 25.0 Å². The lowest BCUT2D eigenvalue weighted by Crippen LogP contribution is -2.41. The number of carboxylic acid groups (broad SMARTS) is 1. The summed E-state index contributed by atoms with van der Waals surface area (Å²) in [7, 11) is 0. The van der Waals surface area contributed by atoms with E-state index >= 15 is 0 Å². The van der Waals surface area contributed by atoms with Crippen LogP contribution in [0, 0.1) is 18.3 Å². The van der Waals surface area contributed by atoms with Crippen molar-refractivity contribution < 1.29 is 9.90 Å². The minimum absolute atomic E-state index is 0.524. The third kappa shape index (κ3) is 3.02. The number of pyridine rings is 1. The monoisotopic (exact) mass is 259 g/mol. The number of rotatable bonds is 2. The van der Waals surface area contributed by atoms with Crippen LogP contribution in [0.4, 0.5) is 5.82 Å². The standard InChI is InChI=1S/C14H17N3O2/c1-10-7-11(9-15)8-13(16-10)17-6-4-2-3-5-12(17)14(18)19/h7-8,12H,2-6H2,1H3,(H,18,19). The van der Waals surface area contributed by atoms with Crippen LogP contribution in [0.1, 0.15) is 36.9 Å². The first-order valence-corrected chi connectivity index (χ1v) is 6.50. The molecule has 100 valence electrons. The highest BCUT2D eigenvalue weighted by Crippen LogP contribution is 2.24. The quantitative estimate of drug-likeness (QED) is 0.880. The molecule has 2 heterocycles. The fourth-order valence-corrected chi connectivity index (χ4v) is 2.50. The van der Waals surface area contributed by atoms with Crippen molar-refractivity contribution in [3.63, 3.8) is 0 Å². The van der Waals surface area contributed by atoms with Crippen molar-refractivity contribution in [2.24, 2.45) is 0 Å². The van der Waals surface area contributed by atoms with Crippen LogP contribution in [-0.4, -0.2) is 28.6 Å². The molecule has 1 saturated heterocycles. The van der Waals surface area contributed by atoms with Crippen LogP contribution >= 0.6 is 0 Å². The van der Waals surface area contributed by atoms with Crippen LogP contribution in [0.3, 0.4) is 0 Å². The highest BCUT2D eigenvalue weighted by Gasteiger charge is 2.28. The van der Waals surface area contributed by atoms with E-state index in [2.05, 4.69) is 11.1 Å². The second kappa shape index (κ2) is 5.70. The van der Waals surface area contributed by atoms with E-state index in [4.69, 9.17) is 5.26 Å². The summed E-state index contributed by atoms with van der Waals surface area (Å²) < 4.78 is 0. The van der Waals surface area contributed by atoms with Gasteiger partial charge in [-0.1, -0.05) is 12.8 Å². The Morgan fingerprint density at radius 3 is 2.95 bits per heavy atom. The van der Waals surface area contributed by atoms with Crippen LogP contribution in [0.15, 0.2) is 12.1 Å². The van der Waals surface area contributed by atoms with Gasteiger partial charge in [-0.25, -0.2) is 9.78 Å². The van der Waals surface area contributed by atoms with Gasteiger partial charge in [0, 0.05) is 12.2 Å². The summed E-state index contributed by atoms with van der Waals surface area (Å²) >= 11 is 0. The second-order valence-corrected chi connectivity index (χ2v) is 4.86. The molecule has 1 atom stereocenters. The highest BCUT2D eigenvalue weighted by atomic mass is 16.4. The zero-order valence-electron chi connectivity index (χ0n) is 11.0. The Morgan fingerprint density at radius 1 is 1.47 bits per heavy atom. The zero-order chi connectivity index (χ0) is 13.8. The van der Waals surface area contributed by atoms with Gasteiger partial charge < -0.3 is 10.0 Å². The average Bonchev–Trinajstić information content (AvgIpc) is 2.63. The van der Waals surface area contributed by atoms with E-state index in [1.54, 1.807) is 12.1 Å². The number of aromatic nitrogens is 1. The largest absolute Gasteiger partial charge is 0.480 e. The summed E-state index contributed by atoms with van der Waals surface area (Å²) in [6, 6.07) is 4.93. The number of nitrogens with zero attached hydrogens (tertiary/aromatic N) is 3. The van der Waals surface area contributed by atoms with Crippen LogP contribution < -0.4 is 4.90 Å².